The highest BCUT2D eigenvalue weighted by molar-refractivity contribution is 6.33. The zero-order valence-electron chi connectivity index (χ0n) is 11.3. The summed E-state index contributed by atoms with van der Waals surface area (Å²) in [7, 11) is 0. The van der Waals surface area contributed by atoms with Crippen LogP contribution in [0.25, 0.3) is 0 Å². The first-order valence-electron chi connectivity index (χ1n) is 6.28. The van der Waals surface area contributed by atoms with Gasteiger partial charge in [0.25, 0.3) is 0 Å². The van der Waals surface area contributed by atoms with E-state index in [1.54, 1.807) is 0 Å². The third-order valence-electron chi connectivity index (χ3n) is 2.54. The lowest BCUT2D eigenvalue weighted by atomic mass is 10.1. The first-order valence-corrected chi connectivity index (χ1v) is 7.04. The first kappa shape index (κ1) is 15.8. The summed E-state index contributed by atoms with van der Waals surface area (Å²) in [4.78, 5) is 0. The molecule has 0 aliphatic carbocycles. The molecule has 0 saturated carbocycles. The molecule has 0 amide bonds. The van der Waals surface area contributed by atoms with E-state index in [-0.39, 0.29) is 5.54 Å². The SMILES string of the molecule is CC(C)(C)NCCNCCc1cc(Cl)ccc1Cl. The summed E-state index contributed by atoms with van der Waals surface area (Å²) in [6.07, 6.45) is 0.898. The van der Waals surface area contributed by atoms with Gasteiger partial charge >= 0.3 is 0 Å². The van der Waals surface area contributed by atoms with Crippen LogP contribution in [0.3, 0.4) is 0 Å². The van der Waals surface area contributed by atoms with Gasteiger partial charge in [0, 0.05) is 28.7 Å². The fourth-order valence-electron chi connectivity index (χ4n) is 1.61. The lowest BCUT2D eigenvalue weighted by Crippen LogP contribution is -2.40. The van der Waals surface area contributed by atoms with E-state index in [4.69, 9.17) is 23.2 Å². The number of hydrogen-bond acceptors (Lipinski definition) is 2. The smallest absolute Gasteiger partial charge is 0.0439 e. The van der Waals surface area contributed by atoms with Gasteiger partial charge in [0.05, 0.1) is 0 Å². The van der Waals surface area contributed by atoms with Crippen molar-refractivity contribution in [2.45, 2.75) is 32.7 Å². The number of nitrogens with one attached hydrogen (secondary N) is 2. The topological polar surface area (TPSA) is 24.1 Å². The van der Waals surface area contributed by atoms with E-state index in [1.165, 1.54) is 0 Å². The summed E-state index contributed by atoms with van der Waals surface area (Å²) >= 11 is 12.0. The predicted molar refractivity (Wildman–Crippen MR) is 80.8 cm³/mol. The van der Waals surface area contributed by atoms with E-state index in [1.807, 2.05) is 18.2 Å². The van der Waals surface area contributed by atoms with Gasteiger partial charge in [-0.25, -0.2) is 0 Å². The van der Waals surface area contributed by atoms with Crippen LogP contribution in [-0.4, -0.2) is 25.2 Å². The summed E-state index contributed by atoms with van der Waals surface area (Å²) in [5, 5.41) is 8.35. The molecule has 0 bridgehead atoms. The molecule has 0 aliphatic rings. The normalized spacial score (nSPS) is 11.8. The Morgan fingerprint density at radius 3 is 2.44 bits per heavy atom. The molecule has 2 nitrogen and oxygen atoms in total. The highest BCUT2D eigenvalue weighted by Gasteiger charge is 2.07. The van der Waals surface area contributed by atoms with Crippen LogP contribution >= 0.6 is 23.2 Å². The number of hydrogen-bond donors (Lipinski definition) is 2. The van der Waals surface area contributed by atoms with Gasteiger partial charge in [-0.05, 0) is 57.5 Å². The fraction of sp³-hybridized carbons (Fsp3) is 0.571. The molecule has 0 heterocycles. The highest BCUT2D eigenvalue weighted by atomic mass is 35.5. The van der Waals surface area contributed by atoms with Crippen molar-refractivity contribution in [2.24, 2.45) is 0 Å². The molecule has 0 radical (unpaired) electrons. The predicted octanol–water partition coefficient (Wildman–Crippen LogP) is 3.51. The average Bonchev–Trinajstić information content (AvgIpc) is 2.26. The zero-order chi connectivity index (χ0) is 13.6. The van der Waals surface area contributed by atoms with Crippen LogP contribution in [-0.2, 0) is 6.42 Å². The molecule has 1 aromatic rings. The average molecular weight is 289 g/mol. The Hall–Kier alpha value is -0.280. The van der Waals surface area contributed by atoms with E-state index in [0.29, 0.717) is 0 Å². The van der Waals surface area contributed by atoms with E-state index in [0.717, 1.165) is 41.7 Å². The van der Waals surface area contributed by atoms with Gasteiger partial charge in [0.1, 0.15) is 0 Å². The third-order valence-corrected chi connectivity index (χ3v) is 3.14. The van der Waals surface area contributed by atoms with E-state index < -0.39 is 0 Å². The van der Waals surface area contributed by atoms with Gasteiger partial charge in [-0.15, -0.1) is 0 Å². The van der Waals surface area contributed by atoms with Gasteiger partial charge in [0.15, 0.2) is 0 Å². The van der Waals surface area contributed by atoms with Crippen LogP contribution in [0.15, 0.2) is 18.2 Å². The highest BCUT2D eigenvalue weighted by Crippen LogP contribution is 2.20. The molecule has 0 atom stereocenters. The number of rotatable bonds is 6. The fourth-order valence-corrected chi connectivity index (χ4v) is 2.02. The summed E-state index contributed by atoms with van der Waals surface area (Å²) < 4.78 is 0. The van der Waals surface area contributed by atoms with E-state index in [2.05, 4.69) is 31.4 Å². The second-order valence-electron chi connectivity index (χ2n) is 5.41. The minimum absolute atomic E-state index is 0.179. The zero-order valence-corrected chi connectivity index (χ0v) is 12.8. The Morgan fingerprint density at radius 2 is 1.78 bits per heavy atom. The lowest BCUT2D eigenvalue weighted by Gasteiger charge is -2.20. The molecule has 0 aliphatic heterocycles. The van der Waals surface area contributed by atoms with Crippen molar-refractivity contribution in [2.75, 3.05) is 19.6 Å². The molecule has 1 rings (SSSR count). The Labute approximate surface area is 120 Å². The molecule has 102 valence electrons. The van der Waals surface area contributed by atoms with Crippen LogP contribution in [0, 0.1) is 0 Å². The molecular weight excluding hydrogens is 267 g/mol. The van der Waals surface area contributed by atoms with Crippen molar-refractivity contribution in [3.8, 4) is 0 Å². The van der Waals surface area contributed by atoms with E-state index >= 15 is 0 Å². The Morgan fingerprint density at radius 1 is 1.06 bits per heavy atom. The minimum Gasteiger partial charge on any atom is -0.315 e. The molecular formula is C14H22Cl2N2. The van der Waals surface area contributed by atoms with Gasteiger partial charge in [-0.2, -0.15) is 0 Å². The van der Waals surface area contributed by atoms with Gasteiger partial charge in [0.2, 0.25) is 0 Å². The molecule has 18 heavy (non-hydrogen) atoms. The first-order chi connectivity index (χ1) is 8.38. The minimum atomic E-state index is 0.179. The quantitative estimate of drug-likeness (QED) is 0.783. The van der Waals surface area contributed by atoms with Crippen LogP contribution in [0.2, 0.25) is 10.0 Å². The van der Waals surface area contributed by atoms with Crippen molar-refractivity contribution in [1.82, 2.24) is 10.6 Å². The van der Waals surface area contributed by atoms with Crippen molar-refractivity contribution in [1.29, 1.82) is 0 Å². The van der Waals surface area contributed by atoms with Gasteiger partial charge in [-0.1, -0.05) is 23.2 Å². The summed E-state index contributed by atoms with van der Waals surface area (Å²) in [6.45, 7) is 9.32. The monoisotopic (exact) mass is 288 g/mol. The standard InChI is InChI=1S/C14H22Cl2N2/c1-14(2,3)18-9-8-17-7-6-11-10-12(15)4-5-13(11)16/h4-5,10,17-18H,6-9H2,1-3H3. The maximum absolute atomic E-state index is 6.10. The maximum atomic E-state index is 6.10. The van der Waals surface area contributed by atoms with Crippen molar-refractivity contribution in [3.05, 3.63) is 33.8 Å². The van der Waals surface area contributed by atoms with Crippen LogP contribution in [0.4, 0.5) is 0 Å². The Bertz CT molecular complexity index is 373. The molecule has 0 saturated heterocycles. The van der Waals surface area contributed by atoms with Crippen molar-refractivity contribution < 1.29 is 0 Å². The second kappa shape index (κ2) is 7.34. The van der Waals surface area contributed by atoms with Crippen molar-refractivity contribution >= 4 is 23.2 Å². The van der Waals surface area contributed by atoms with E-state index in [9.17, 15) is 0 Å². The summed E-state index contributed by atoms with van der Waals surface area (Å²) in [5.74, 6) is 0. The van der Waals surface area contributed by atoms with Crippen LogP contribution < -0.4 is 10.6 Å². The summed E-state index contributed by atoms with van der Waals surface area (Å²) in [6, 6.07) is 5.59. The van der Waals surface area contributed by atoms with Gasteiger partial charge < -0.3 is 10.6 Å². The summed E-state index contributed by atoms with van der Waals surface area (Å²) in [5.41, 5.74) is 1.28. The second-order valence-corrected chi connectivity index (χ2v) is 6.26. The molecule has 2 N–H and O–H groups in total. The Kier molecular flexibility index (Phi) is 6.44. The maximum Gasteiger partial charge on any atom is 0.0439 e. The molecule has 0 unspecified atom stereocenters. The largest absolute Gasteiger partial charge is 0.315 e. The van der Waals surface area contributed by atoms with Crippen molar-refractivity contribution in [3.63, 3.8) is 0 Å². The molecule has 4 heteroatoms. The number of benzene rings is 1. The molecule has 0 fully saturated rings. The molecule has 1 aromatic carbocycles. The van der Waals surface area contributed by atoms with Gasteiger partial charge in [-0.3, -0.25) is 0 Å². The molecule has 0 aromatic heterocycles. The van der Waals surface area contributed by atoms with Crippen LogP contribution in [0.5, 0.6) is 0 Å². The molecule has 0 spiro atoms. The third kappa shape index (κ3) is 6.60. The number of halogens is 2. The lowest BCUT2D eigenvalue weighted by molar-refractivity contribution is 0.422. The Balaban J connectivity index is 2.20. The van der Waals surface area contributed by atoms with Crippen LogP contribution in [0.1, 0.15) is 26.3 Å².